The maximum Gasteiger partial charge on any atom is 0.124 e. The summed E-state index contributed by atoms with van der Waals surface area (Å²) >= 11 is 6.27. The summed E-state index contributed by atoms with van der Waals surface area (Å²) in [5.41, 5.74) is 3.71. The van der Waals surface area contributed by atoms with Crippen molar-refractivity contribution in [3.05, 3.63) is 83.9 Å². The van der Waals surface area contributed by atoms with E-state index >= 15 is 0 Å². The molecular formula is C22H21N2O2PS. The molecular weight excluding hydrogens is 387 g/mol. The summed E-state index contributed by atoms with van der Waals surface area (Å²) in [5, 5.41) is 16.3. The summed E-state index contributed by atoms with van der Waals surface area (Å²) < 4.78 is 7.29. The first-order chi connectivity index (χ1) is 13.5. The smallest absolute Gasteiger partial charge is 0.124 e. The van der Waals surface area contributed by atoms with Gasteiger partial charge in [-0.15, -0.1) is 5.10 Å². The van der Waals surface area contributed by atoms with Crippen LogP contribution in [0.5, 0.6) is 11.5 Å². The lowest BCUT2D eigenvalue weighted by atomic mass is 10.1. The van der Waals surface area contributed by atoms with Crippen molar-refractivity contribution in [1.29, 1.82) is 0 Å². The minimum absolute atomic E-state index is 0.225. The Morgan fingerprint density at radius 3 is 2.32 bits per heavy atom. The number of methoxy groups -OCH3 is 1. The standard InChI is InChI=1S/C22H21N2O2PS/c1-16-7-9-17(10-8-16)24-23-21(20-5-3-4-6-22(20)25)15-27(24,28)19-13-11-18(26-2)12-14-19/h3-14,25H,15H2,1-2H3. The molecule has 6 heteroatoms. The molecule has 1 unspecified atom stereocenters. The van der Waals surface area contributed by atoms with Gasteiger partial charge in [0.2, 0.25) is 0 Å². The molecule has 0 aromatic heterocycles. The van der Waals surface area contributed by atoms with E-state index in [0.717, 1.165) is 28.0 Å². The van der Waals surface area contributed by atoms with Crippen molar-refractivity contribution >= 4 is 35.6 Å². The van der Waals surface area contributed by atoms with E-state index in [4.69, 9.17) is 22.1 Å². The van der Waals surface area contributed by atoms with Crippen LogP contribution in [0.15, 0.2) is 77.9 Å². The van der Waals surface area contributed by atoms with Gasteiger partial charge in [-0.05, 0) is 55.5 Å². The molecule has 1 aliphatic heterocycles. The maximum atomic E-state index is 10.3. The molecule has 0 fully saturated rings. The lowest BCUT2D eigenvalue weighted by Crippen LogP contribution is -2.23. The van der Waals surface area contributed by atoms with E-state index in [2.05, 4.69) is 31.2 Å². The van der Waals surface area contributed by atoms with Crippen molar-refractivity contribution < 1.29 is 9.84 Å². The third-order valence-electron chi connectivity index (χ3n) is 4.84. The lowest BCUT2D eigenvalue weighted by Gasteiger charge is -2.35. The fourth-order valence-electron chi connectivity index (χ4n) is 3.28. The average molecular weight is 408 g/mol. The molecule has 4 nitrogen and oxygen atoms in total. The van der Waals surface area contributed by atoms with Crippen molar-refractivity contribution in [3.63, 3.8) is 0 Å². The highest BCUT2D eigenvalue weighted by Gasteiger charge is 2.43. The second kappa shape index (κ2) is 7.50. The highest BCUT2D eigenvalue weighted by molar-refractivity contribution is 8.46. The second-order valence-corrected chi connectivity index (χ2v) is 11.2. The Morgan fingerprint density at radius 2 is 1.68 bits per heavy atom. The molecule has 0 saturated heterocycles. The van der Waals surface area contributed by atoms with Crippen LogP contribution in [0.3, 0.4) is 0 Å². The Morgan fingerprint density at radius 1 is 1.00 bits per heavy atom. The van der Waals surface area contributed by atoms with Crippen LogP contribution < -0.4 is 14.8 Å². The van der Waals surface area contributed by atoms with Crippen LogP contribution in [-0.2, 0) is 12.2 Å². The Bertz CT molecular complexity index is 1020. The number of phenolic OH excluding ortho intramolecular Hbond substituents is 1. The van der Waals surface area contributed by atoms with Gasteiger partial charge >= 0.3 is 0 Å². The number of hydrogen-bond acceptors (Lipinski definition) is 5. The van der Waals surface area contributed by atoms with Crippen LogP contribution in [0.25, 0.3) is 0 Å². The summed E-state index contributed by atoms with van der Waals surface area (Å²) in [7, 11) is 1.65. The number of para-hydroxylation sites is 1. The van der Waals surface area contributed by atoms with E-state index in [1.54, 1.807) is 13.2 Å². The van der Waals surface area contributed by atoms with Crippen LogP contribution in [-0.4, -0.2) is 24.1 Å². The molecule has 28 heavy (non-hydrogen) atoms. The third kappa shape index (κ3) is 3.36. The number of ether oxygens (including phenoxy) is 1. The van der Waals surface area contributed by atoms with Gasteiger partial charge in [0.05, 0.1) is 24.7 Å². The minimum Gasteiger partial charge on any atom is -0.524 e. The van der Waals surface area contributed by atoms with Gasteiger partial charge < -0.3 is 22.1 Å². The van der Waals surface area contributed by atoms with Crippen molar-refractivity contribution in [2.45, 2.75) is 6.92 Å². The molecule has 142 valence electrons. The number of aryl methyl sites for hydroxylation is 1. The fourth-order valence-corrected chi connectivity index (χ4v) is 6.96. The van der Waals surface area contributed by atoms with Gasteiger partial charge in [-0.2, -0.15) is 4.78 Å². The van der Waals surface area contributed by atoms with Gasteiger partial charge in [-0.3, -0.25) is 0 Å². The molecule has 1 N–H and O–H groups in total. The molecule has 3 aromatic carbocycles. The number of nitrogens with zero attached hydrogens (tertiary/aromatic N) is 2. The van der Waals surface area contributed by atoms with E-state index in [9.17, 15) is 5.11 Å². The van der Waals surface area contributed by atoms with Gasteiger partial charge in [0, 0.05) is 5.56 Å². The van der Waals surface area contributed by atoms with Crippen LogP contribution in [0.1, 0.15) is 11.1 Å². The van der Waals surface area contributed by atoms with Crippen LogP contribution >= 0.6 is 6.62 Å². The van der Waals surface area contributed by atoms with Gasteiger partial charge in [0.15, 0.2) is 0 Å². The van der Waals surface area contributed by atoms with E-state index in [1.807, 2.05) is 47.2 Å². The Kier molecular flexibility index (Phi) is 5.05. The number of phenols is 1. The summed E-state index contributed by atoms with van der Waals surface area (Å²) in [6.07, 6.45) is 0.611. The highest BCUT2D eigenvalue weighted by Crippen LogP contribution is 2.64. The monoisotopic (exact) mass is 408 g/mol. The Labute approximate surface area is 171 Å². The average Bonchev–Trinajstić information content (AvgIpc) is 3.07. The summed E-state index contributed by atoms with van der Waals surface area (Å²) in [6, 6.07) is 23.5. The summed E-state index contributed by atoms with van der Waals surface area (Å²) in [5.74, 6) is 1.02. The molecule has 3 aromatic rings. The zero-order chi connectivity index (χ0) is 19.7. The molecule has 0 radical (unpaired) electrons. The van der Waals surface area contributed by atoms with Crippen molar-refractivity contribution in [3.8, 4) is 11.5 Å². The number of hydrogen-bond donors (Lipinski definition) is 1. The van der Waals surface area contributed by atoms with E-state index in [1.165, 1.54) is 5.56 Å². The number of aromatic hydroxyl groups is 1. The number of anilines is 1. The predicted octanol–water partition coefficient (Wildman–Crippen LogP) is 4.65. The zero-order valence-electron chi connectivity index (χ0n) is 15.7. The summed E-state index contributed by atoms with van der Waals surface area (Å²) in [6.45, 7) is -0.185. The highest BCUT2D eigenvalue weighted by atomic mass is 32.7. The predicted molar refractivity (Wildman–Crippen MR) is 120 cm³/mol. The maximum absolute atomic E-state index is 10.3. The van der Waals surface area contributed by atoms with Crippen LogP contribution in [0.2, 0.25) is 0 Å². The number of rotatable bonds is 4. The lowest BCUT2D eigenvalue weighted by molar-refractivity contribution is 0.415. The SMILES string of the molecule is COc1ccc([P+]2([S-])CC(c3ccccc3O)=NN2c2ccc(C)cc2)cc1. The summed E-state index contributed by atoms with van der Waals surface area (Å²) in [4.78, 5) is 0. The van der Waals surface area contributed by atoms with Gasteiger partial charge in [0.25, 0.3) is 0 Å². The number of hydrazone groups is 1. The first kappa shape index (κ1) is 18.9. The van der Waals surface area contributed by atoms with E-state index in [-0.39, 0.29) is 5.75 Å². The van der Waals surface area contributed by atoms with Crippen LogP contribution in [0.4, 0.5) is 5.69 Å². The molecule has 0 bridgehead atoms. The molecule has 0 spiro atoms. The van der Waals surface area contributed by atoms with Gasteiger partial charge in [-0.1, -0.05) is 29.8 Å². The largest absolute Gasteiger partial charge is 0.524 e. The molecule has 4 rings (SSSR count). The minimum atomic E-state index is -2.25. The fraction of sp³-hybridized carbons (Fsp3) is 0.136. The Balaban J connectivity index is 1.82. The molecule has 0 aliphatic carbocycles. The quantitative estimate of drug-likeness (QED) is 0.504. The molecule has 1 aliphatic rings. The Hall–Kier alpha value is -2.49. The molecule has 1 atom stereocenters. The van der Waals surface area contributed by atoms with Crippen LogP contribution in [0, 0.1) is 6.92 Å². The first-order valence-electron chi connectivity index (χ1n) is 8.98. The van der Waals surface area contributed by atoms with Crippen molar-refractivity contribution in [2.24, 2.45) is 5.10 Å². The normalized spacial score (nSPS) is 18.8. The second-order valence-electron chi connectivity index (χ2n) is 6.75. The topological polar surface area (TPSA) is 45.1 Å². The number of benzene rings is 3. The van der Waals surface area contributed by atoms with Gasteiger partial charge in [-0.25, -0.2) is 0 Å². The van der Waals surface area contributed by atoms with Crippen molar-refractivity contribution in [1.82, 2.24) is 0 Å². The molecule has 0 amide bonds. The van der Waals surface area contributed by atoms with Crippen molar-refractivity contribution in [2.75, 3.05) is 18.1 Å². The molecule has 0 saturated carbocycles. The van der Waals surface area contributed by atoms with E-state index in [0.29, 0.717) is 6.16 Å². The van der Waals surface area contributed by atoms with Gasteiger partial charge in [0.1, 0.15) is 23.4 Å². The molecule has 1 heterocycles. The first-order valence-corrected chi connectivity index (χ1v) is 11.9. The van der Waals surface area contributed by atoms with E-state index < -0.39 is 6.62 Å². The third-order valence-corrected chi connectivity index (χ3v) is 9.09. The zero-order valence-corrected chi connectivity index (χ0v) is 17.5.